The van der Waals surface area contributed by atoms with Crippen molar-refractivity contribution in [2.75, 3.05) is 44.7 Å². The molecule has 1 aromatic heterocycles. The SMILES string of the molecule is CCC1CCCCN1CCNC(=NC)NCc1ccnc(N2CCCC2)c1. The third-order valence-corrected chi connectivity index (χ3v) is 5.84. The van der Waals surface area contributed by atoms with Gasteiger partial charge in [-0.25, -0.2) is 4.98 Å². The second kappa shape index (κ2) is 10.5. The van der Waals surface area contributed by atoms with Crippen LogP contribution in [0.4, 0.5) is 5.82 Å². The molecule has 1 unspecified atom stereocenters. The summed E-state index contributed by atoms with van der Waals surface area (Å²) in [5.41, 5.74) is 1.25. The fourth-order valence-electron chi connectivity index (χ4n) is 4.23. The lowest BCUT2D eigenvalue weighted by Gasteiger charge is -2.35. The molecule has 0 aromatic carbocycles. The first-order chi connectivity index (χ1) is 13.3. The number of rotatable bonds is 7. The van der Waals surface area contributed by atoms with Crippen molar-refractivity contribution in [3.8, 4) is 0 Å². The summed E-state index contributed by atoms with van der Waals surface area (Å²) in [6.07, 6.45) is 9.80. The number of aliphatic imine (C=N–C) groups is 1. The molecule has 6 nitrogen and oxygen atoms in total. The second-order valence-electron chi connectivity index (χ2n) is 7.66. The highest BCUT2D eigenvalue weighted by molar-refractivity contribution is 5.79. The Kier molecular flexibility index (Phi) is 7.75. The fraction of sp³-hybridized carbons (Fsp3) is 0.714. The molecule has 0 bridgehead atoms. The number of likely N-dealkylation sites (tertiary alicyclic amines) is 1. The first kappa shape index (κ1) is 19.9. The second-order valence-corrected chi connectivity index (χ2v) is 7.66. The van der Waals surface area contributed by atoms with Gasteiger partial charge in [-0.3, -0.25) is 9.89 Å². The first-order valence-corrected chi connectivity index (χ1v) is 10.7. The summed E-state index contributed by atoms with van der Waals surface area (Å²) in [7, 11) is 1.84. The molecule has 0 amide bonds. The van der Waals surface area contributed by atoms with Gasteiger partial charge in [0.05, 0.1) is 0 Å². The molecule has 2 fully saturated rings. The molecule has 2 saturated heterocycles. The van der Waals surface area contributed by atoms with Gasteiger partial charge in [0, 0.05) is 52.0 Å². The van der Waals surface area contributed by atoms with E-state index in [9.17, 15) is 0 Å². The van der Waals surface area contributed by atoms with E-state index in [1.165, 1.54) is 50.6 Å². The van der Waals surface area contributed by atoms with Crippen LogP contribution in [-0.4, -0.2) is 61.7 Å². The minimum absolute atomic E-state index is 0.761. The Morgan fingerprint density at radius 3 is 2.78 bits per heavy atom. The fourth-order valence-corrected chi connectivity index (χ4v) is 4.23. The van der Waals surface area contributed by atoms with E-state index >= 15 is 0 Å². The van der Waals surface area contributed by atoms with Gasteiger partial charge in [0.2, 0.25) is 0 Å². The minimum Gasteiger partial charge on any atom is -0.357 e. The van der Waals surface area contributed by atoms with E-state index in [2.05, 4.69) is 49.5 Å². The molecule has 150 valence electrons. The molecular weight excluding hydrogens is 336 g/mol. The van der Waals surface area contributed by atoms with Crippen LogP contribution in [0.1, 0.15) is 51.0 Å². The maximum atomic E-state index is 4.53. The van der Waals surface area contributed by atoms with Crippen LogP contribution >= 0.6 is 0 Å². The van der Waals surface area contributed by atoms with Crippen LogP contribution < -0.4 is 15.5 Å². The van der Waals surface area contributed by atoms with Gasteiger partial charge in [-0.1, -0.05) is 13.3 Å². The number of pyridine rings is 1. The van der Waals surface area contributed by atoms with E-state index < -0.39 is 0 Å². The maximum Gasteiger partial charge on any atom is 0.191 e. The zero-order valence-corrected chi connectivity index (χ0v) is 17.1. The van der Waals surface area contributed by atoms with Crippen molar-refractivity contribution in [3.05, 3.63) is 23.9 Å². The summed E-state index contributed by atoms with van der Waals surface area (Å²) in [6, 6.07) is 5.04. The number of hydrogen-bond donors (Lipinski definition) is 2. The third-order valence-electron chi connectivity index (χ3n) is 5.84. The van der Waals surface area contributed by atoms with Crippen molar-refractivity contribution < 1.29 is 0 Å². The molecule has 0 radical (unpaired) electrons. The highest BCUT2D eigenvalue weighted by Gasteiger charge is 2.20. The lowest BCUT2D eigenvalue weighted by molar-refractivity contribution is 0.147. The summed E-state index contributed by atoms with van der Waals surface area (Å²) in [4.78, 5) is 13.9. The number of nitrogens with one attached hydrogen (secondary N) is 2. The third kappa shape index (κ3) is 5.83. The number of anilines is 1. The number of aromatic nitrogens is 1. The zero-order valence-electron chi connectivity index (χ0n) is 17.1. The molecule has 0 aliphatic carbocycles. The summed E-state index contributed by atoms with van der Waals surface area (Å²) < 4.78 is 0. The Morgan fingerprint density at radius 1 is 1.19 bits per heavy atom. The highest BCUT2D eigenvalue weighted by atomic mass is 15.2. The standard InChI is InChI=1S/C21H36N6/c1-3-19-8-4-5-12-26(19)15-11-24-21(22-2)25-17-18-9-10-23-20(16-18)27-13-6-7-14-27/h9-10,16,19H,3-8,11-15,17H2,1-2H3,(H2,22,24,25). The van der Waals surface area contributed by atoms with Crippen molar-refractivity contribution >= 4 is 11.8 Å². The Labute approximate surface area is 164 Å². The number of hydrogen-bond acceptors (Lipinski definition) is 4. The van der Waals surface area contributed by atoms with E-state index in [0.29, 0.717) is 0 Å². The smallest absolute Gasteiger partial charge is 0.191 e. The quantitative estimate of drug-likeness (QED) is 0.569. The van der Waals surface area contributed by atoms with Crippen molar-refractivity contribution in [3.63, 3.8) is 0 Å². The van der Waals surface area contributed by atoms with Crippen molar-refractivity contribution in [2.24, 2.45) is 4.99 Å². The van der Waals surface area contributed by atoms with Crippen LogP contribution in [0.25, 0.3) is 0 Å². The Hall–Kier alpha value is -1.82. The van der Waals surface area contributed by atoms with Crippen molar-refractivity contribution in [1.29, 1.82) is 0 Å². The lowest BCUT2D eigenvalue weighted by Crippen LogP contribution is -2.45. The molecule has 3 rings (SSSR count). The zero-order chi connectivity index (χ0) is 18.9. The molecule has 2 aliphatic heterocycles. The van der Waals surface area contributed by atoms with Gasteiger partial charge >= 0.3 is 0 Å². The van der Waals surface area contributed by atoms with Gasteiger partial charge in [0.15, 0.2) is 5.96 Å². The Bertz CT molecular complexity index is 596. The predicted molar refractivity (Wildman–Crippen MR) is 113 cm³/mol. The summed E-state index contributed by atoms with van der Waals surface area (Å²) in [6.45, 7) is 8.60. The van der Waals surface area contributed by atoms with Crippen LogP contribution in [0.5, 0.6) is 0 Å². The summed E-state index contributed by atoms with van der Waals surface area (Å²) >= 11 is 0. The maximum absolute atomic E-state index is 4.53. The summed E-state index contributed by atoms with van der Waals surface area (Å²) in [5, 5.41) is 6.91. The topological polar surface area (TPSA) is 55.8 Å². The molecule has 27 heavy (non-hydrogen) atoms. The molecule has 6 heteroatoms. The molecule has 1 aromatic rings. The van der Waals surface area contributed by atoms with Crippen molar-refractivity contribution in [1.82, 2.24) is 20.5 Å². The largest absolute Gasteiger partial charge is 0.357 e. The monoisotopic (exact) mass is 372 g/mol. The number of nitrogens with zero attached hydrogens (tertiary/aromatic N) is 4. The van der Waals surface area contributed by atoms with Crippen LogP contribution in [0, 0.1) is 0 Å². The number of piperidine rings is 1. The average molecular weight is 373 g/mol. The normalized spacial score (nSPS) is 21.5. The first-order valence-electron chi connectivity index (χ1n) is 10.7. The predicted octanol–water partition coefficient (Wildman–Crippen LogP) is 2.61. The van der Waals surface area contributed by atoms with Crippen LogP contribution in [-0.2, 0) is 6.54 Å². The lowest BCUT2D eigenvalue weighted by atomic mass is 10.0. The molecule has 2 N–H and O–H groups in total. The van der Waals surface area contributed by atoms with Gasteiger partial charge in [-0.05, 0) is 56.3 Å². The molecule has 0 spiro atoms. The minimum atomic E-state index is 0.761. The molecule has 2 aliphatic rings. The molecule has 3 heterocycles. The average Bonchev–Trinajstić information content (AvgIpc) is 3.26. The van der Waals surface area contributed by atoms with Crippen LogP contribution in [0.15, 0.2) is 23.3 Å². The van der Waals surface area contributed by atoms with Gasteiger partial charge in [0.25, 0.3) is 0 Å². The highest BCUT2D eigenvalue weighted by Crippen LogP contribution is 2.19. The van der Waals surface area contributed by atoms with E-state index in [0.717, 1.165) is 50.5 Å². The molecular formula is C21H36N6. The van der Waals surface area contributed by atoms with Crippen LogP contribution in [0.2, 0.25) is 0 Å². The van der Waals surface area contributed by atoms with E-state index in [1.807, 2.05) is 13.2 Å². The molecule has 0 saturated carbocycles. The van der Waals surface area contributed by atoms with Crippen molar-refractivity contribution in [2.45, 2.75) is 58.0 Å². The van der Waals surface area contributed by atoms with Crippen LogP contribution in [0.3, 0.4) is 0 Å². The number of guanidine groups is 1. The van der Waals surface area contributed by atoms with E-state index in [1.54, 1.807) is 0 Å². The Balaban J connectivity index is 1.43. The summed E-state index contributed by atoms with van der Waals surface area (Å²) in [5.74, 6) is 1.98. The van der Waals surface area contributed by atoms with Gasteiger partial charge in [-0.2, -0.15) is 0 Å². The van der Waals surface area contributed by atoms with Gasteiger partial charge in [0.1, 0.15) is 5.82 Å². The van der Waals surface area contributed by atoms with E-state index in [-0.39, 0.29) is 0 Å². The molecule has 1 atom stereocenters. The van der Waals surface area contributed by atoms with E-state index in [4.69, 9.17) is 0 Å². The van der Waals surface area contributed by atoms with Gasteiger partial charge in [-0.15, -0.1) is 0 Å². The Morgan fingerprint density at radius 2 is 2.00 bits per heavy atom. The van der Waals surface area contributed by atoms with Gasteiger partial charge < -0.3 is 15.5 Å².